The minimum absolute atomic E-state index is 0.217. The minimum atomic E-state index is -0.503. The zero-order chi connectivity index (χ0) is 21.1. The van der Waals surface area contributed by atoms with Crippen molar-refractivity contribution in [3.8, 4) is 0 Å². The summed E-state index contributed by atoms with van der Waals surface area (Å²) in [7, 11) is 0. The molecular weight excluding hydrogens is 422 g/mol. The van der Waals surface area contributed by atoms with Crippen LogP contribution in [-0.2, 0) is 24.3 Å². The quantitative estimate of drug-likeness (QED) is 0.497. The molecule has 0 bridgehead atoms. The molecule has 0 radical (unpaired) electrons. The summed E-state index contributed by atoms with van der Waals surface area (Å²) in [5.74, 6) is -0.382. The van der Waals surface area contributed by atoms with E-state index in [1.807, 2.05) is 17.5 Å². The van der Waals surface area contributed by atoms with Crippen LogP contribution in [0.1, 0.15) is 4.88 Å². The number of aromatic nitrogens is 2. The summed E-state index contributed by atoms with van der Waals surface area (Å²) < 4.78 is 2.54. The van der Waals surface area contributed by atoms with Crippen molar-refractivity contribution in [2.24, 2.45) is 0 Å². The first-order valence-electron chi connectivity index (χ1n) is 9.33. The number of nitrogens with one attached hydrogen (secondary N) is 1. The van der Waals surface area contributed by atoms with Crippen LogP contribution in [0.15, 0.2) is 75.6 Å². The molecule has 2 aromatic heterocycles. The molecule has 2 heterocycles. The molecule has 4 rings (SSSR count). The Morgan fingerprint density at radius 2 is 1.83 bits per heavy atom. The van der Waals surface area contributed by atoms with E-state index in [4.69, 9.17) is 11.6 Å². The molecule has 0 atom stereocenters. The average Bonchev–Trinajstić information content (AvgIpc) is 3.25. The lowest BCUT2D eigenvalue weighted by molar-refractivity contribution is -0.116. The molecule has 152 valence electrons. The highest BCUT2D eigenvalue weighted by Crippen LogP contribution is 2.15. The second-order valence-corrected chi connectivity index (χ2v) is 8.20. The summed E-state index contributed by atoms with van der Waals surface area (Å²) in [6.07, 6.45) is 0.569. The summed E-state index contributed by atoms with van der Waals surface area (Å²) in [5, 5.41) is 5.60. The first-order chi connectivity index (χ1) is 14.5. The Hall–Kier alpha value is -3.16. The number of nitrogens with zero attached hydrogens (tertiary/aromatic N) is 2. The lowest BCUT2D eigenvalue weighted by Crippen LogP contribution is -2.42. The Morgan fingerprint density at radius 3 is 2.60 bits per heavy atom. The Morgan fingerprint density at radius 1 is 1.00 bits per heavy atom. The van der Waals surface area contributed by atoms with Gasteiger partial charge < -0.3 is 5.32 Å². The maximum absolute atomic E-state index is 13.1. The highest BCUT2D eigenvalue weighted by Gasteiger charge is 2.15. The molecule has 0 spiro atoms. The third kappa shape index (κ3) is 4.22. The van der Waals surface area contributed by atoms with Crippen LogP contribution in [0.2, 0.25) is 5.02 Å². The van der Waals surface area contributed by atoms with Crippen molar-refractivity contribution >= 4 is 45.4 Å². The molecule has 1 N–H and O–H groups in total. The van der Waals surface area contributed by atoms with Gasteiger partial charge in [-0.3, -0.25) is 18.7 Å². The molecule has 4 aromatic rings. The van der Waals surface area contributed by atoms with Gasteiger partial charge >= 0.3 is 5.69 Å². The fraction of sp³-hybridized carbons (Fsp3) is 0.136. The number of benzene rings is 2. The predicted molar refractivity (Wildman–Crippen MR) is 121 cm³/mol. The van der Waals surface area contributed by atoms with Crippen LogP contribution >= 0.6 is 22.9 Å². The number of carbonyl (C=O) groups is 1. The smallest absolute Gasteiger partial charge is 0.324 e. The van der Waals surface area contributed by atoms with Crippen molar-refractivity contribution in [3.63, 3.8) is 0 Å². The van der Waals surface area contributed by atoms with E-state index in [1.54, 1.807) is 59.9 Å². The molecule has 0 aliphatic heterocycles. The van der Waals surface area contributed by atoms with Gasteiger partial charge in [0.05, 0.1) is 10.9 Å². The third-order valence-corrected chi connectivity index (χ3v) is 5.88. The number of rotatable bonds is 6. The van der Waals surface area contributed by atoms with Crippen molar-refractivity contribution in [3.05, 3.63) is 96.8 Å². The molecule has 2 aromatic carbocycles. The van der Waals surface area contributed by atoms with Crippen molar-refractivity contribution in [2.75, 3.05) is 5.32 Å². The molecule has 8 heteroatoms. The van der Waals surface area contributed by atoms with Gasteiger partial charge in [0.25, 0.3) is 5.56 Å². The second-order valence-electron chi connectivity index (χ2n) is 6.73. The number of anilines is 1. The predicted octanol–water partition coefficient (Wildman–Crippen LogP) is 3.76. The van der Waals surface area contributed by atoms with E-state index in [1.165, 1.54) is 9.13 Å². The van der Waals surface area contributed by atoms with Crippen LogP contribution in [0.5, 0.6) is 0 Å². The largest absolute Gasteiger partial charge is 0.331 e. The molecule has 0 aliphatic carbocycles. The Balaban J connectivity index is 1.70. The summed E-state index contributed by atoms with van der Waals surface area (Å²) in [5.41, 5.74) is 0.118. The van der Waals surface area contributed by atoms with E-state index in [-0.39, 0.29) is 24.6 Å². The number of thiophene rings is 1. The van der Waals surface area contributed by atoms with Crippen molar-refractivity contribution < 1.29 is 4.79 Å². The topological polar surface area (TPSA) is 73.1 Å². The number of carbonyl (C=O) groups excluding carboxylic acids is 1. The van der Waals surface area contributed by atoms with Gasteiger partial charge in [-0.25, -0.2) is 4.79 Å². The van der Waals surface area contributed by atoms with Crippen LogP contribution < -0.4 is 16.6 Å². The molecule has 0 unspecified atom stereocenters. The van der Waals surface area contributed by atoms with Crippen LogP contribution in [-0.4, -0.2) is 15.0 Å². The van der Waals surface area contributed by atoms with Gasteiger partial charge in [0.1, 0.15) is 6.54 Å². The summed E-state index contributed by atoms with van der Waals surface area (Å²) in [6, 6.07) is 17.5. The molecule has 6 nitrogen and oxygen atoms in total. The maximum Gasteiger partial charge on any atom is 0.331 e. The van der Waals surface area contributed by atoms with E-state index < -0.39 is 5.69 Å². The van der Waals surface area contributed by atoms with Gasteiger partial charge in [0.2, 0.25) is 5.91 Å². The highest BCUT2D eigenvalue weighted by molar-refractivity contribution is 7.09. The number of halogens is 1. The first-order valence-corrected chi connectivity index (χ1v) is 10.6. The molecule has 0 aliphatic rings. The van der Waals surface area contributed by atoms with E-state index >= 15 is 0 Å². The Labute approximate surface area is 181 Å². The Bertz CT molecular complexity index is 1330. The first kappa shape index (κ1) is 20.1. The van der Waals surface area contributed by atoms with Gasteiger partial charge in [-0.1, -0.05) is 35.9 Å². The zero-order valence-corrected chi connectivity index (χ0v) is 17.4. The van der Waals surface area contributed by atoms with Gasteiger partial charge in [-0.2, -0.15) is 0 Å². The van der Waals surface area contributed by atoms with Gasteiger partial charge in [-0.15, -0.1) is 11.3 Å². The molecule has 0 saturated carbocycles. The highest BCUT2D eigenvalue weighted by atomic mass is 35.5. The molecule has 30 heavy (non-hydrogen) atoms. The van der Waals surface area contributed by atoms with Crippen molar-refractivity contribution in [1.29, 1.82) is 0 Å². The van der Waals surface area contributed by atoms with Gasteiger partial charge in [-0.05, 0) is 48.2 Å². The van der Waals surface area contributed by atoms with Gasteiger partial charge in [0, 0.05) is 22.1 Å². The number of amides is 1. The number of para-hydroxylation sites is 1. The normalized spacial score (nSPS) is 11.0. The fourth-order valence-corrected chi connectivity index (χ4v) is 4.20. The average molecular weight is 440 g/mol. The molecular formula is C22H18ClN3O3S. The van der Waals surface area contributed by atoms with E-state index in [2.05, 4.69) is 5.32 Å². The maximum atomic E-state index is 13.1. The minimum Gasteiger partial charge on any atom is -0.324 e. The fourth-order valence-electron chi connectivity index (χ4n) is 3.31. The van der Waals surface area contributed by atoms with Crippen LogP contribution in [0.25, 0.3) is 10.9 Å². The second kappa shape index (κ2) is 8.69. The Kier molecular flexibility index (Phi) is 5.83. The monoisotopic (exact) mass is 439 g/mol. The van der Waals surface area contributed by atoms with Crippen LogP contribution in [0, 0.1) is 0 Å². The molecule has 0 saturated heterocycles. The van der Waals surface area contributed by atoms with E-state index in [0.29, 0.717) is 28.0 Å². The zero-order valence-electron chi connectivity index (χ0n) is 15.9. The van der Waals surface area contributed by atoms with Crippen LogP contribution in [0.4, 0.5) is 5.69 Å². The summed E-state index contributed by atoms with van der Waals surface area (Å²) in [6.45, 7) is 0.0318. The number of hydrogen-bond donors (Lipinski definition) is 1. The number of aryl methyl sites for hydroxylation is 1. The summed E-state index contributed by atoms with van der Waals surface area (Å²) in [4.78, 5) is 39.8. The SMILES string of the molecule is O=C(Cn1c(=O)n(CCc2cccs2)c(=O)c2ccccc21)Nc1cccc(Cl)c1. The van der Waals surface area contributed by atoms with Crippen LogP contribution in [0.3, 0.4) is 0 Å². The van der Waals surface area contributed by atoms with Crippen molar-refractivity contribution in [2.45, 2.75) is 19.5 Å². The lowest BCUT2D eigenvalue weighted by atomic mass is 10.2. The third-order valence-electron chi connectivity index (χ3n) is 4.70. The van der Waals surface area contributed by atoms with Gasteiger partial charge in [0.15, 0.2) is 0 Å². The lowest BCUT2D eigenvalue weighted by Gasteiger charge is -2.14. The standard InChI is InChI=1S/C22H18ClN3O3S/c23-15-5-3-6-16(13-15)24-20(27)14-26-19-9-2-1-8-18(19)21(28)25(22(26)29)11-10-17-7-4-12-30-17/h1-9,12-13H,10-11,14H2,(H,24,27). The molecule has 0 fully saturated rings. The molecule has 1 amide bonds. The number of hydrogen-bond acceptors (Lipinski definition) is 4. The van der Waals surface area contributed by atoms with E-state index in [0.717, 1.165) is 4.88 Å². The number of fused-ring (bicyclic) bond motifs is 1. The summed E-state index contributed by atoms with van der Waals surface area (Å²) >= 11 is 7.54. The van der Waals surface area contributed by atoms with E-state index in [9.17, 15) is 14.4 Å². The van der Waals surface area contributed by atoms with Crippen molar-refractivity contribution in [1.82, 2.24) is 9.13 Å².